The van der Waals surface area contributed by atoms with Crippen LogP contribution >= 0.6 is 0 Å². The lowest BCUT2D eigenvalue weighted by Gasteiger charge is -2.16. The number of rotatable bonds is 3. The molecule has 0 saturated heterocycles. The summed E-state index contributed by atoms with van der Waals surface area (Å²) in [6.45, 7) is 0.655. The number of anilines is 1. The fraction of sp³-hybridized carbons (Fsp3) is 0.417. The Labute approximate surface area is 101 Å². The second kappa shape index (κ2) is 4.49. The van der Waals surface area contributed by atoms with Crippen LogP contribution in [0.15, 0.2) is 24.3 Å². The van der Waals surface area contributed by atoms with Gasteiger partial charge in [0.1, 0.15) is 9.84 Å². The smallest absolute Gasteiger partial charge is 0.228 e. The minimum absolute atomic E-state index is 0.0627. The summed E-state index contributed by atoms with van der Waals surface area (Å²) in [5.74, 6) is -0.190. The molecule has 0 aromatic heterocycles. The van der Waals surface area contributed by atoms with E-state index in [1.54, 1.807) is 4.90 Å². The van der Waals surface area contributed by atoms with E-state index in [1.807, 2.05) is 24.3 Å². The quantitative estimate of drug-likeness (QED) is 0.808. The number of hydrogen-bond acceptors (Lipinski definition) is 3. The maximum atomic E-state index is 11.9. The Morgan fingerprint density at radius 1 is 1.35 bits per heavy atom. The van der Waals surface area contributed by atoms with Gasteiger partial charge in [-0.05, 0) is 18.1 Å². The predicted octanol–water partition coefficient (Wildman–Crippen LogP) is 1.01. The average molecular weight is 253 g/mol. The van der Waals surface area contributed by atoms with Gasteiger partial charge >= 0.3 is 0 Å². The van der Waals surface area contributed by atoms with E-state index < -0.39 is 9.84 Å². The van der Waals surface area contributed by atoms with E-state index in [9.17, 15) is 13.2 Å². The number of hydrogen-bond donors (Lipinski definition) is 0. The first-order chi connectivity index (χ1) is 7.97. The Morgan fingerprint density at radius 3 is 2.76 bits per heavy atom. The minimum atomic E-state index is -3.07. The highest BCUT2D eigenvalue weighted by Crippen LogP contribution is 2.27. The first kappa shape index (κ1) is 12.1. The molecule has 0 atom stereocenters. The number of benzene rings is 1. The van der Waals surface area contributed by atoms with Gasteiger partial charge in [0.25, 0.3) is 0 Å². The van der Waals surface area contributed by atoms with Crippen molar-refractivity contribution in [1.82, 2.24) is 0 Å². The zero-order valence-corrected chi connectivity index (χ0v) is 10.5. The van der Waals surface area contributed by atoms with Crippen molar-refractivity contribution in [3.63, 3.8) is 0 Å². The van der Waals surface area contributed by atoms with Crippen molar-refractivity contribution < 1.29 is 13.2 Å². The lowest BCUT2D eigenvalue weighted by Crippen LogP contribution is -2.30. The first-order valence-electron chi connectivity index (χ1n) is 5.53. The number of para-hydroxylation sites is 1. The second-order valence-electron chi connectivity index (χ2n) is 4.30. The van der Waals surface area contributed by atoms with Gasteiger partial charge in [0.2, 0.25) is 5.91 Å². The molecule has 0 bridgehead atoms. The third-order valence-electron chi connectivity index (χ3n) is 2.87. The van der Waals surface area contributed by atoms with Crippen molar-refractivity contribution in [1.29, 1.82) is 0 Å². The number of sulfone groups is 1. The lowest BCUT2D eigenvalue weighted by atomic mass is 10.2. The van der Waals surface area contributed by atoms with Crippen molar-refractivity contribution >= 4 is 21.4 Å². The fourth-order valence-corrected chi connectivity index (χ4v) is 2.55. The van der Waals surface area contributed by atoms with Crippen LogP contribution in [0.3, 0.4) is 0 Å². The molecular weight excluding hydrogens is 238 g/mol. The van der Waals surface area contributed by atoms with Gasteiger partial charge in [-0.3, -0.25) is 4.79 Å². The molecule has 0 spiro atoms. The SMILES string of the molecule is CS(=O)(=O)CCC(=O)N1CCc2ccccc21. The molecule has 0 unspecified atom stereocenters. The largest absolute Gasteiger partial charge is 0.312 e. The number of amides is 1. The number of nitrogens with zero attached hydrogens (tertiary/aromatic N) is 1. The molecule has 1 aromatic carbocycles. The molecule has 17 heavy (non-hydrogen) atoms. The summed E-state index contributed by atoms with van der Waals surface area (Å²) >= 11 is 0. The second-order valence-corrected chi connectivity index (χ2v) is 6.56. The van der Waals surface area contributed by atoms with E-state index in [1.165, 1.54) is 0 Å². The topological polar surface area (TPSA) is 54.5 Å². The summed E-state index contributed by atoms with van der Waals surface area (Å²) in [5, 5.41) is 0. The van der Waals surface area contributed by atoms with Gasteiger partial charge in [-0.15, -0.1) is 0 Å². The monoisotopic (exact) mass is 253 g/mol. The summed E-state index contributed by atoms with van der Waals surface area (Å²) < 4.78 is 22.1. The fourth-order valence-electron chi connectivity index (χ4n) is 2.00. The molecule has 0 aliphatic carbocycles. The van der Waals surface area contributed by atoms with Gasteiger partial charge in [-0.2, -0.15) is 0 Å². The Bertz CT molecular complexity index is 536. The van der Waals surface area contributed by atoms with Crippen molar-refractivity contribution in [2.45, 2.75) is 12.8 Å². The zero-order valence-electron chi connectivity index (χ0n) is 9.72. The molecule has 2 rings (SSSR count). The van der Waals surface area contributed by atoms with Gasteiger partial charge in [0.05, 0.1) is 5.75 Å². The molecule has 1 aliphatic rings. The average Bonchev–Trinajstić information content (AvgIpc) is 2.68. The van der Waals surface area contributed by atoms with Crippen LogP contribution in [-0.2, 0) is 21.1 Å². The Hall–Kier alpha value is -1.36. The normalized spacial score (nSPS) is 14.8. The molecule has 4 nitrogen and oxygen atoms in total. The van der Waals surface area contributed by atoms with Crippen molar-refractivity contribution in [2.24, 2.45) is 0 Å². The van der Waals surface area contributed by atoms with Crippen molar-refractivity contribution in [2.75, 3.05) is 23.5 Å². The van der Waals surface area contributed by atoms with E-state index in [0.29, 0.717) is 6.54 Å². The molecule has 0 N–H and O–H groups in total. The number of carbonyl (C=O) groups is 1. The third-order valence-corrected chi connectivity index (χ3v) is 3.82. The summed E-state index contributed by atoms with van der Waals surface area (Å²) in [6, 6.07) is 7.74. The number of carbonyl (C=O) groups excluding carboxylic acids is 1. The predicted molar refractivity (Wildman–Crippen MR) is 66.8 cm³/mol. The van der Waals surface area contributed by atoms with Gasteiger partial charge in [0, 0.05) is 24.9 Å². The minimum Gasteiger partial charge on any atom is -0.312 e. The molecule has 0 radical (unpaired) electrons. The first-order valence-corrected chi connectivity index (χ1v) is 7.59. The van der Waals surface area contributed by atoms with Crippen LogP contribution in [0.2, 0.25) is 0 Å². The van der Waals surface area contributed by atoms with Crippen molar-refractivity contribution in [3.8, 4) is 0 Å². The van der Waals surface area contributed by atoms with E-state index in [4.69, 9.17) is 0 Å². The van der Waals surface area contributed by atoms with Crippen LogP contribution in [0.25, 0.3) is 0 Å². The van der Waals surface area contributed by atoms with Crippen LogP contribution in [0.1, 0.15) is 12.0 Å². The lowest BCUT2D eigenvalue weighted by molar-refractivity contribution is -0.118. The molecule has 1 heterocycles. The van der Waals surface area contributed by atoms with Gasteiger partial charge in [-0.25, -0.2) is 8.42 Å². The highest BCUT2D eigenvalue weighted by molar-refractivity contribution is 7.90. The van der Waals surface area contributed by atoms with Gasteiger partial charge in [0.15, 0.2) is 0 Å². The van der Waals surface area contributed by atoms with E-state index in [2.05, 4.69) is 0 Å². The molecule has 1 aliphatic heterocycles. The zero-order chi connectivity index (χ0) is 12.5. The molecule has 0 saturated carbocycles. The van der Waals surface area contributed by atoms with Crippen molar-refractivity contribution in [3.05, 3.63) is 29.8 Å². The third kappa shape index (κ3) is 2.85. The Morgan fingerprint density at radius 2 is 2.06 bits per heavy atom. The standard InChI is InChI=1S/C12H15NO3S/c1-17(15,16)9-7-12(14)13-8-6-10-4-2-3-5-11(10)13/h2-5H,6-9H2,1H3. The molecule has 92 valence electrons. The van der Waals surface area contributed by atoms with Gasteiger partial charge < -0.3 is 4.90 Å². The summed E-state index contributed by atoms with van der Waals surface area (Å²) in [7, 11) is -3.07. The number of fused-ring (bicyclic) bond motifs is 1. The summed E-state index contributed by atoms with van der Waals surface area (Å²) in [4.78, 5) is 13.6. The maximum Gasteiger partial charge on any atom is 0.228 e. The molecule has 1 aromatic rings. The molecular formula is C12H15NO3S. The highest BCUT2D eigenvalue weighted by Gasteiger charge is 2.24. The Kier molecular flexibility index (Phi) is 3.19. The van der Waals surface area contributed by atoms with Gasteiger partial charge in [-0.1, -0.05) is 18.2 Å². The highest BCUT2D eigenvalue weighted by atomic mass is 32.2. The van der Waals surface area contributed by atoms with Crippen LogP contribution in [-0.4, -0.2) is 32.9 Å². The van der Waals surface area contributed by atoms with Crippen LogP contribution < -0.4 is 4.90 Å². The summed E-state index contributed by atoms with van der Waals surface area (Å²) in [6.07, 6.45) is 2.06. The van der Waals surface area contributed by atoms with Crippen LogP contribution in [0.4, 0.5) is 5.69 Å². The molecule has 5 heteroatoms. The molecule has 1 amide bonds. The Balaban J connectivity index is 2.08. The van der Waals surface area contributed by atoms with E-state index in [0.717, 1.165) is 23.9 Å². The maximum absolute atomic E-state index is 11.9. The van der Waals surface area contributed by atoms with E-state index in [-0.39, 0.29) is 18.1 Å². The van der Waals surface area contributed by atoms with E-state index >= 15 is 0 Å². The molecule has 0 fully saturated rings. The van der Waals surface area contributed by atoms with Crippen LogP contribution in [0, 0.1) is 0 Å². The van der Waals surface area contributed by atoms with Crippen LogP contribution in [0.5, 0.6) is 0 Å². The summed E-state index contributed by atoms with van der Waals surface area (Å²) in [5.41, 5.74) is 2.08.